The summed E-state index contributed by atoms with van der Waals surface area (Å²) in [5, 5.41) is 20.7. The summed E-state index contributed by atoms with van der Waals surface area (Å²) < 4.78 is 5.66. The van der Waals surface area contributed by atoms with Crippen molar-refractivity contribution in [2.45, 2.75) is 46.1 Å². The number of carboxylic acid groups (broad SMARTS) is 1. The minimum absolute atomic E-state index is 0.0192. The van der Waals surface area contributed by atoms with Crippen molar-refractivity contribution in [1.29, 1.82) is 0 Å². The van der Waals surface area contributed by atoms with Crippen LogP contribution >= 0.6 is 23.2 Å². The number of benzene rings is 1. The highest BCUT2D eigenvalue weighted by atomic mass is 35.5. The number of carboxylic acids is 1. The number of esters is 1. The predicted octanol–water partition coefficient (Wildman–Crippen LogP) is 3.96. The Kier molecular flexibility index (Phi) is 6.31. The Bertz CT molecular complexity index is 1020. The number of aromatic nitrogens is 1. The van der Waals surface area contributed by atoms with Crippen LogP contribution in [0, 0.1) is 0 Å². The van der Waals surface area contributed by atoms with Crippen molar-refractivity contribution in [3.05, 3.63) is 37.7 Å². The molecular weight excluding hydrogens is 409 g/mol. The fourth-order valence-electron chi connectivity index (χ4n) is 3.10. The van der Waals surface area contributed by atoms with Gasteiger partial charge in [0.2, 0.25) is 0 Å². The Labute approximate surface area is 171 Å². The minimum atomic E-state index is -1.51. The maximum Gasteiger partial charge on any atom is 0.356 e. The topological polar surface area (TPSA) is 106 Å². The highest BCUT2D eigenvalue weighted by Gasteiger charge is 2.30. The molecule has 0 unspecified atom stereocenters. The Hall–Kier alpha value is -2.25. The van der Waals surface area contributed by atoms with Crippen molar-refractivity contribution in [2.24, 2.45) is 0 Å². The first-order chi connectivity index (χ1) is 12.9. The predicted molar refractivity (Wildman–Crippen MR) is 107 cm³/mol. The summed E-state index contributed by atoms with van der Waals surface area (Å²) in [4.78, 5) is 36.5. The van der Waals surface area contributed by atoms with E-state index in [1.807, 2.05) is 0 Å². The highest BCUT2D eigenvalue weighted by molar-refractivity contribution is 6.43. The van der Waals surface area contributed by atoms with E-state index >= 15 is 0 Å². The minimum Gasteiger partial charge on any atom is -0.505 e. The zero-order valence-electron chi connectivity index (χ0n) is 15.9. The molecule has 0 saturated heterocycles. The van der Waals surface area contributed by atoms with Gasteiger partial charge in [0, 0.05) is 11.9 Å². The molecule has 1 aromatic heterocycles. The number of rotatable bonds is 5. The van der Waals surface area contributed by atoms with Gasteiger partial charge in [-0.2, -0.15) is 0 Å². The Balaban J connectivity index is 2.91. The van der Waals surface area contributed by atoms with Crippen LogP contribution in [0.25, 0.3) is 10.8 Å². The second kappa shape index (κ2) is 8.01. The van der Waals surface area contributed by atoms with E-state index in [2.05, 4.69) is 0 Å². The molecule has 0 spiro atoms. The van der Waals surface area contributed by atoms with Crippen LogP contribution in [-0.4, -0.2) is 33.3 Å². The standard InChI is InChI=1S/C19H21Cl2NO6/c1-5-28-11(23)6-7-22-15(18(26)27)16(24)12-9(17(22)25)8-10(20)14(21)13(12)19(2,3)4/h8,24H,5-7H2,1-4H3,(H,26,27). The van der Waals surface area contributed by atoms with Gasteiger partial charge < -0.3 is 14.9 Å². The highest BCUT2D eigenvalue weighted by Crippen LogP contribution is 2.43. The van der Waals surface area contributed by atoms with Gasteiger partial charge in [-0.1, -0.05) is 44.0 Å². The zero-order chi connectivity index (χ0) is 21.4. The van der Waals surface area contributed by atoms with Crippen LogP contribution in [0.15, 0.2) is 10.9 Å². The number of pyridine rings is 1. The summed E-state index contributed by atoms with van der Waals surface area (Å²) in [5.41, 5.74) is -1.59. The summed E-state index contributed by atoms with van der Waals surface area (Å²) in [6.07, 6.45) is -0.230. The van der Waals surface area contributed by atoms with E-state index in [9.17, 15) is 24.6 Å². The van der Waals surface area contributed by atoms with Crippen molar-refractivity contribution in [2.75, 3.05) is 6.61 Å². The molecule has 9 heteroatoms. The molecule has 152 valence electrons. The number of ether oxygens (including phenoxy) is 1. The summed E-state index contributed by atoms with van der Waals surface area (Å²) >= 11 is 12.5. The molecule has 0 radical (unpaired) electrons. The third kappa shape index (κ3) is 3.95. The number of aromatic carboxylic acids is 1. The van der Waals surface area contributed by atoms with Crippen molar-refractivity contribution >= 4 is 45.9 Å². The molecule has 0 saturated carbocycles. The number of carbonyl (C=O) groups excluding carboxylic acids is 1. The lowest BCUT2D eigenvalue weighted by atomic mass is 9.83. The fourth-order valence-corrected chi connectivity index (χ4v) is 3.74. The molecule has 0 aliphatic carbocycles. The number of fused-ring (bicyclic) bond motifs is 1. The number of carbonyl (C=O) groups is 2. The molecule has 7 nitrogen and oxygen atoms in total. The molecule has 1 aromatic carbocycles. The molecular formula is C19H21Cl2NO6. The molecule has 2 N–H and O–H groups in total. The number of hydrogen-bond acceptors (Lipinski definition) is 5. The molecule has 0 aliphatic rings. The van der Waals surface area contributed by atoms with Gasteiger partial charge in [-0.15, -0.1) is 0 Å². The smallest absolute Gasteiger partial charge is 0.356 e. The van der Waals surface area contributed by atoms with Crippen molar-refractivity contribution in [3.8, 4) is 5.75 Å². The van der Waals surface area contributed by atoms with Crippen molar-refractivity contribution in [1.82, 2.24) is 4.57 Å². The Morgan fingerprint density at radius 1 is 1.25 bits per heavy atom. The van der Waals surface area contributed by atoms with E-state index in [-0.39, 0.29) is 40.4 Å². The Morgan fingerprint density at radius 2 is 1.86 bits per heavy atom. The summed E-state index contributed by atoms with van der Waals surface area (Å²) in [6, 6.07) is 1.29. The van der Waals surface area contributed by atoms with Gasteiger partial charge in [-0.05, 0) is 24.0 Å². The monoisotopic (exact) mass is 429 g/mol. The van der Waals surface area contributed by atoms with Crippen LogP contribution < -0.4 is 5.56 Å². The first-order valence-electron chi connectivity index (χ1n) is 8.58. The van der Waals surface area contributed by atoms with Gasteiger partial charge in [0.15, 0.2) is 11.4 Å². The number of hydrogen-bond donors (Lipinski definition) is 2. The first kappa shape index (κ1) is 22.0. The second-order valence-electron chi connectivity index (χ2n) is 7.23. The quantitative estimate of drug-likeness (QED) is 0.696. The number of halogens is 2. The molecule has 1 heterocycles. The lowest BCUT2D eigenvalue weighted by Crippen LogP contribution is -2.29. The van der Waals surface area contributed by atoms with Crippen LogP contribution in [0.1, 0.15) is 50.2 Å². The van der Waals surface area contributed by atoms with E-state index in [0.29, 0.717) is 5.56 Å². The SMILES string of the molecule is CCOC(=O)CCn1c(C(=O)O)c(O)c2c(C(C)(C)C)c(Cl)c(Cl)cc2c1=O. The van der Waals surface area contributed by atoms with E-state index in [1.54, 1.807) is 27.7 Å². The first-order valence-corrected chi connectivity index (χ1v) is 9.34. The van der Waals surface area contributed by atoms with E-state index < -0.39 is 34.4 Å². The molecule has 0 amide bonds. The van der Waals surface area contributed by atoms with Gasteiger partial charge in [0.25, 0.3) is 5.56 Å². The molecule has 2 aromatic rings. The van der Waals surface area contributed by atoms with Crippen LogP contribution in [0.4, 0.5) is 0 Å². The third-order valence-electron chi connectivity index (χ3n) is 4.22. The van der Waals surface area contributed by atoms with Gasteiger partial charge in [0.1, 0.15) is 0 Å². The average molecular weight is 430 g/mol. The van der Waals surface area contributed by atoms with Crippen LogP contribution in [-0.2, 0) is 21.5 Å². The van der Waals surface area contributed by atoms with Crippen LogP contribution in [0.2, 0.25) is 10.0 Å². The van der Waals surface area contributed by atoms with E-state index in [0.717, 1.165) is 4.57 Å². The van der Waals surface area contributed by atoms with Gasteiger partial charge in [-0.3, -0.25) is 14.2 Å². The second-order valence-corrected chi connectivity index (χ2v) is 8.02. The van der Waals surface area contributed by atoms with E-state index in [4.69, 9.17) is 27.9 Å². The zero-order valence-corrected chi connectivity index (χ0v) is 17.4. The summed E-state index contributed by atoms with van der Waals surface area (Å²) in [5.74, 6) is -2.70. The van der Waals surface area contributed by atoms with E-state index in [1.165, 1.54) is 6.07 Å². The molecule has 2 rings (SSSR count). The maximum absolute atomic E-state index is 13.1. The Morgan fingerprint density at radius 3 is 2.36 bits per heavy atom. The fraction of sp³-hybridized carbons (Fsp3) is 0.421. The average Bonchev–Trinajstić information content (AvgIpc) is 2.57. The van der Waals surface area contributed by atoms with Crippen LogP contribution in [0.5, 0.6) is 5.75 Å². The summed E-state index contributed by atoms with van der Waals surface area (Å²) in [6.45, 7) is 6.93. The normalized spacial score (nSPS) is 11.6. The largest absolute Gasteiger partial charge is 0.505 e. The van der Waals surface area contributed by atoms with Gasteiger partial charge >= 0.3 is 11.9 Å². The lowest BCUT2D eigenvalue weighted by Gasteiger charge is -2.25. The molecule has 28 heavy (non-hydrogen) atoms. The molecule has 0 atom stereocenters. The third-order valence-corrected chi connectivity index (χ3v) is 5.01. The maximum atomic E-state index is 13.1. The molecule has 0 bridgehead atoms. The van der Waals surface area contributed by atoms with Gasteiger partial charge in [-0.25, -0.2) is 4.79 Å². The summed E-state index contributed by atoms with van der Waals surface area (Å²) in [7, 11) is 0. The lowest BCUT2D eigenvalue weighted by molar-refractivity contribution is -0.143. The molecule has 0 fully saturated rings. The van der Waals surface area contributed by atoms with Crippen LogP contribution in [0.3, 0.4) is 0 Å². The number of nitrogens with zero attached hydrogens (tertiary/aromatic N) is 1. The van der Waals surface area contributed by atoms with Crippen molar-refractivity contribution in [3.63, 3.8) is 0 Å². The van der Waals surface area contributed by atoms with Crippen molar-refractivity contribution < 1.29 is 24.5 Å². The number of aromatic hydroxyl groups is 1. The van der Waals surface area contributed by atoms with Gasteiger partial charge in [0.05, 0.1) is 28.5 Å². The molecule has 0 aliphatic heterocycles.